The molecule has 0 saturated heterocycles. The normalized spacial score (nSPS) is 10.9. The van der Waals surface area contributed by atoms with Crippen LogP contribution in [0, 0.1) is 6.92 Å². The van der Waals surface area contributed by atoms with Crippen LogP contribution in [0.1, 0.15) is 21.5 Å². The van der Waals surface area contributed by atoms with Gasteiger partial charge in [0, 0.05) is 17.0 Å². The van der Waals surface area contributed by atoms with Crippen LogP contribution in [0.15, 0.2) is 59.5 Å². The van der Waals surface area contributed by atoms with Gasteiger partial charge in [0.25, 0.3) is 11.4 Å². The number of nitrogens with one attached hydrogen (secondary N) is 1. The highest BCUT2D eigenvalue weighted by Gasteiger charge is 2.10. The molecule has 7 nitrogen and oxygen atoms in total. The van der Waals surface area contributed by atoms with Gasteiger partial charge in [0.1, 0.15) is 12.9 Å². The van der Waals surface area contributed by atoms with E-state index in [2.05, 4.69) is 15.3 Å². The molecule has 0 saturated carbocycles. The fourth-order valence-electron chi connectivity index (χ4n) is 2.82. The van der Waals surface area contributed by atoms with Crippen molar-refractivity contribution in [3.63, 3.8) is 0 Å². The molecule has 134 valence electrons. The summed E-state index contributed by atoms with van der Waals surface area (Å²) in [5, 5.41) is 8.98. The molecule has 27 heavy (non-hydrogen) atoms. The number of hydrogen-bond donors (Lipinski definition) is 1. The lowest BCUT2D eigenvalue weighted by Gasteiger charge is -2.06. The molecule has 2 aromatic heterocycles. The fraction of sp³-hybridized carbons (Fsp3) is 0.100. The Bertz CT molecular complexity index is 1180. The number of hydrogen-bond acceptors (Lipinski definition) is 5. The second-order valence-electron chi connectivity index (χ2n) is 6.22. The number of aromatic nitrogens is 4. The lowest BCUT2D eigenvalue weighted by atomic mass is 10.1. The summed E-state index contributed by atoms with van der Waals surface area (Å²) in [4.78, 5) is 25.5. The van der Waals surface area contributed by atoms with Crippen molar-refractivity contribution in [2.45, 2.75) is 13.5 Å². The van der Waals surface area contributed by atoms with E-state index in [4.69, 9.17) is 4.74 Å². The van der Waals surface area contributed by atoms with Crippen LogP contribution in [0.25, 0.3) is 16.6 Å². The standard InChI is InChI=1S/C20H16N4O3/c1-13-2-7-17-16(8-13)18(9-19(26)21-17)24-10-20(22-23-24)27-12-15-5-3-14(11-25)4-6-15/h2-11H,12H2,1H3,(H,21,26). The Morgan fingerprint density at radius 1 is 1.15 bits per heavy atom. The van der Waals surface area contributed by atoms with Crippen LogP contribution < -0.4 is 10.3 Å². The average molecular weight is 360 g/mol. The Morgan fingerprint density at radius 2 is 1.96 bits per heavy atom. The highest BCUT2D eigenvalue weighted by molar-refractivity contribution is 5.87. The van der Waals surface area contributed by atoms with E-state index in [1.807, 2.05) is 37.3 Å². The zero-order chi connectivity index (χ0) is 18.8. The summed E-state index contributed by atoms with van der Waals surface area (Å²) in [6.45, 7) is 2.28. The lowest BCUT2D eigenvalue weighted by molar-refractivity contribution is 0.112. The van der Waals surface area contributed by atoms with E-state index in [1.165, 1.54) is 10.7 Å². The van der Waals surface area contributed by atoms with Crippen LogP contribution >= 0.6 is 0 Å². The van der Waals surface area contributed by atoms with E-state index >= 15 is 0 Å². The topological polar surface area (TPSA) is 89.9 Å². The van der Waals surface area contributed by atoms with Crippen LogP contribution in [0.2, 0.25) is 0 Å². The monoisotopic (exact) mass is 360 g/mol. The highest BCUT2D eigenvalue weighted by Crippen LogP contribution is 2.21. The SMILES string of the molecule is Cc1ccc2[nH]c(=O)cc(-n3cc(OCc4ccc(C=O)cc4)nn3)c2c1. The van der Waals surface area contributed by atoms with E-state index in [9.17, 15) is 9.59 Å². The fourth-order valence-corrected chi connectivity index (χ4v) is 2.82. The molecule has 0 aliphatic carbocycles. The first kappa shape index (κ1) is 16.7. The largest absolute Gasteiger partial charge is 0.471 e. The van der Waals surface area contributed by atoms with E-state index in [0.29, 0.717) is 23.7 Å². The Balaban J connectivity index is 1.60. The Kier molecular flexibility index (Phi) is 4.25. The number of ether oxygens (including phenoxy) is 1. The van der Waals surface area contributed by atoms with Gasteiger partial charge in [-0.3, -0.25) is 9.59 Å². The summed E-state index contributed by atoms with van der Waals surface area (Å²) in [7, 11) is 0. The zero-order valence-electron chi connectivity index (χ0n) is 14.5. The molecule has 0 bridgehead atoms. The molecule has 2 heterocycles. The number of aromatic amines is 1. The molecule has 0 aliphatic heterocycles. The van der Waals surface area contributed by atoms with Gasteiger partial charge in [0.05, 0.1) is 17.4 Å². The first-order valence-corrected chi connectivity index (χ1v) is 8.36. The van der Waals surface area contributed by atoms with Crippen molar-refractivity contribution in [1.82, 2.24) is 20.0 Å². The maximum atomic E-state index is 12.0. The summed E-state index contributed by atoms with van der Waals surface area (Å²) in [6.07, 6.45) is 2.43. The molecule has 2 aromatic carbocycles. The summed E-state index contributed by atoms with van der Waals surface area (Å²) < 4.78 is 7.19. The molecular formula is C20H16N4O3. The van der Waals surface area contributed by atoms with Gasteiger partial charge in [-0.1, -0.05) is 46.2 Å². The van der Waals surface area contributed by atoms with Gasteiger partial charge in [-0.05, 0) is 24.6 Å². The molecule has 0 unspecified atom stereocenters. The van der Waals surface area contributed by atoms with Crippen molar-refractivity contribution in [3.8, 4) is 11.6 Å². The van der Waals surface area contributed by atoms with Crippen molar-refractivity contribution in [3.05, 3.63) is 81.8 Å². The molecule has 0 atom stereocenters. The highest BCUT2D eigenvalue weighted by atomic mass is 16.5. The van der Waals surface area contributed by atoms with Gasteiger partial charge in [0.2, 0.25) is 0 Å². The second kappa shape index (κ2) is 6.87. The number of pyridine rings is 1. The first-order chi connectivity index (χ1) is 13.1. The van der Waals surface area contributed by atoms with Crippen molar-refractivity contribution in [2.75, 3.05) is 0 Å². The molecule has 0 fully saturated rings. The smallest absolute Gasteiger partial charge is 0.254 e. The quantitative estimate of drug-likeness (QED) is 0.553. The van der Waals surface area contributed by atoms with Crippen molar-refractivity contribution in [2.24, 2.45) is 0 Å². The molecule has 1 N–H and O–H groups in total. The minimum absolute atomic E-state index is 0.213. The minimum atomic E-state index is -0.213. The van der Waals surface area contributed by atoms with Gasteiger partial charge in [-0.2, -0.15) is 0 Å². The number of aryl methyl sites for hydroxylation is 1. The number of carbonyl (C=O) groups excluding carboxylic acids is 1. The predicted molar refractivity (Wildman–Crippen MR) is 100 cm³/mol. The van der Waals surface area contributed by atoms with Crippen molar-refractivity contribution in [1.29, 1.82) is 0 Å². The summed E-state index contributed by atoms with van der Waals surface area (Å²) in [5.74, 6) is 0.343. The predicted octanol–water partition coefficient (Wildman–Crippen LogP) is 2.81. The van der Waals surface area contributed by atoms with Gasteiger partial charge >= 0.3 is 0 Å². The maximum absolute atomic E-state index is 12.0. The third-order valence-corrected chi connectivity index (χ3v) is 4.20. The van der Waals surface area contributed by atoms with Crippen molar-refractivity contribution >= 4 is 17.2 Å². The molecule has 0 spiro atoms. The zero-order valence-corrected chi connectivity index (χ0v) is 14.5. The Labute approximate surface area is 154 Å². The minimum Gasteiger partial charge on any atom is -0.471 e. The molecule has 4 rings (SSSR count). The van der Waals surface area contributed by atoms with Gasteiger partial charge in [0.15, 0.2) is 0 Å². The van der Waals surface area contributed by atoms with E-state index in [1.54, 1.807) is 18.3 Å². The van der Waals surface area contributed by atoms with Crippen molar-refractivity contribution < 1.29 is 9.53 Å². The molecule has 4 aromatic rings. The molecule has 0 aliphatic rings. The third-order valence-electron chi connectivity index (χ3n) is 4.20. The molecule has 0 radical (unpaired) electrons. The molecular weight excluding hydrogens is 344 g/mol. The Hall–Kier alpha value is -3.74. The lowest BCUT2D eigenvalue weighted by Crippen LogP contribution is -2.08. The number of fused-ring (bicyclic) bond motifs is 1. The first-order valence-electron chi connectivity index (χ1n) is 8.36. The van der Waals surface area contributed by atoms with Crippen LogP contribution in [0.5, 0.6) is 5.88 Å². The van der Waals surface area contributed by atoms with Crippen LogP contribution in [-0.2, 0) is 6.61 Å². The summed E-state index contributed by atoms with van der Waals surface area (Å²) >= 11 is 0. The van der Waals surface area contributed by atoms with Gasteiger partial charge < -0.3 is 9.72 Å². The number of benzene rings is 2. The molecule has 7 heteroatoms. The number of aldehydes is 1. The van der Waals surface area contributed by atoms with E-state index in [-0.39, 0.29) is 5.56 Å². The van der Waals surface area contributed by atoms with Gasteiger partial charge in [-0.15, -0.1) is 0 Å². The van der Waals surface area contributed by atoms with Crippen LogP contribution in [0.3, 0.4) is 0 Å². The number of rotatable bonds is 5. The second-order valence-corrected chi connectivity index (χ2v) is 6.22. The third kappa shape index (κ3) is 3.48. The summed E-state index contributed by atoms with van der Waals surface area (Å²) in [6, 6.07) is 14.4. The molecule has 0 amide bonds. The summed E-state index contributed by atoms with van der Waals surface area (Å²) in [5.41, 5.74) is 3.75. The van der Waals surface area contributed by atoms with E-state index < -0.39 is 0 Å². The Morgan fingerprint density at radius 3 is 2.74 bits per heavy atom. The van der Waals surface area contributed by atoms with Crippen LogP contribution in [-0.4, -0.2) is 26.3 Å². The number of carbonyl (C=O) groups is 1. The maximum Gasteiger partial charge on any atom is 0.254 e. The van der Waals surface area contributed by atoms with Gasteiger partial charge in [-0.25, -0.2) is 4.68 Å². The van der Waals surface area contributed by atoms with E-state index in [0.717, 1.165) is 28.3 Å². The average Bonchev–Trinajstić information content (AvgIpc) is 3.15. The van der Waals surface area contributed by atoms with Crippen LogP contribution in [0.4, 0.5) is 0 Å². The number of nitrogens with zero attached hydrogens (tertiary/aromatic N) is 3. The number of H-pyrrole nitrogens is 1.